The second kappa shape index (κ2) is 6.76. The highest BCUT2D eigenvalue weighted by atomic mass is 32.2. The fourth-order valence-corrected chi connectivity index (χ4v) is 3.75. The molecule has 1 atom stereocenters. The van der Waals surface area contributed by atoms with Crippen LogP contribution < -0.4 is 14.4 Å². The predicted octanol–water partition coefficient (Wildman–Crippen LogP) is 2.55. The number of hydrogen-bond acceptors (Lipinski definition) is 4. The molecule has 0 saturated carbocycles. The Labute approximate surface area is 147 Å². The quantitative estimate of drug-likeness (QED) is 0.913. The molecule has 1 heterocycles. The van der Waals surface area contributed by atoms with E-state index in [1.54, 1.807) is 30.3 Å². The van der Waals surface area contributed by atoms with E-state index in [9.17, 15) is 13.2 Å². The van der Waals surface area contributed by atoms with E-state index in [0.717, 1.165) is 11.8 Å². The van der Waals surface area contributed by atoms with E-state index in [1.165, 1.54) is 4.31 Å². The van der Waals surface area contributed by atoms with Crippen molar-refractivity contribution >= 4 is 27.3 Å². The lowest BCUT2D eigenvalue weighted by Crippen LogP contribution is -2.35. The van der Waals surface area contributed by atoms with Crippen LogP contribution in [0.25, 0.3) is 0 Å². The van der Waals surface area contributed by atoms with Gasteiger partial charge in [-0.05, 0) is 36.8 Å². The Balaban J connectivity index is 1.85. The molecule has 0 spiro atoms. The zero-order valence-electron chi connectivity index (χ0n) is 14.1. The van der Waals surface area contributed by atoms with Gasteiger partial charge in [0.25, 0.3) is 5.91 Å². The Morgan fingerprint density at radius 2 is 1.96 bits per heavy atom. The maximum absolute atomic E-state index is 12.6. The van der Waals surface area contributed by atoms with Gasteiger partial charge in [0.15, 0.2) is 6.10 Å². The molecule has 7 heteroatoms. The number of rotatable bonds is 3. The largest absolute Gasteiger partial charge is 0.478 e. The minimum Gasteiger partial charge on any atom is -0.478 e. The highest BCUT2D eigenvalue weighted by Gasteiger charge is 2.31. The molecule has 1 amide bonds. The summed E-state index contributed by atoms with van der Waals surface area (Å²) < 4.78 is 31.3. The first kappa shape index (κ1) is 17.3. The first-order valence-corrected chi connectivity index (χ1v) is 9.80. The van der Waals surface area contributed by atoms with Crippen LogP contribution in [0.2, 0.25) is 0 Å². The molecule has 0 unspecified atom stereocenters. The van der Waals surface area contributed by atoms with Crippen molar-refractivity contribution in [1.29, 1.82) is 0 Å². The molecule has 0 aromatic heterocycles. The SMILES string of the molecule is Cc1cccc(NC(=O)[C@@H]2CCN(S(C)(=O)=O)c3ccccc3O2)c1. The highest BCUT2D eigenvalue weighted by Crippen LogP contribution is 2.34. The lowest BCUT2D eigenvalue weighted by atomic mass is 10.2. The number of carbonyl (C=O) groups excluding carboxylic acids is 1. The molecular formula is C18H20N2O4S. The monoisotopic (exact) mass is 360 g/mol. The first-order chi connectivity index (χ1) is 11.8. The summed E-state index contributed by atoms with van der Waals surface area (Å²) in [5, 5.41) is 2.83. The minimum atomic E-state index is -3.45. The molecule has 0 aliphatic carbocycles. The molecule has 0 fully saturated rings. The summed E-state index contributed by atoms with van der Waals surface area (Å²) in [7, 11) is -3.45. The standard InChI is InChI=1S/C18H20N2O4S/c1-13-6-5-7-14(12-13)19-18(21)17-10-11-20(25(2,22)23)15-8-3-4-9-16(15)24-17/h3-9,12,17H,10-11H2,1-2H3,(H,19,21)/t17-/m0/s1. The molecule has 2 aromatic carbocycles. The van der Waals surface area contributed by atoms with Gasteiger partial charge >= 0.3 is 0 Å². The molecule has 2 aromatic rings. The third-order valence-electron chi connectivity index (χ3n) is 3.98. The third-order valence-corrected chi connectivity index (χ3v) is 5.16. The number of aryl methyl sites for hydroxylation is 1. The van der Waals surface area contributed by atoms with Crippen LogP contribution in [0, 0.1) is 6.92 Å². The summed E-state index contributed by atoms with van der Waals surface area (Å²) >= 11 is 0. The van der Waals surface area contributed by atoms with Gasteiger partial charge in [-0.15, -0.1) is 0 Å². The van der Waals surface area contributed by atoms with Gasteiger partial charge in [-0.1, -0.05) is 24.3 Å². The van der Waals surface area contributed by atoms with Crippen LogP contribution in [0.5, 0.6) is 5.75 Å². The number of para-hydroxylation sites is 2. The molecule has 0 radical (unpaired) electrons. The van der Waals surface area contributed by atoms with E-state index >= 15 is 0 Å². The van der Waals surface area contributed by atoms with Crippen LogP contribution in [-0.4, -0.2) is 33.2 Å². The third kappa shape index (κ3) is 3.93. The summed E-state index contributed by atoms with van der Waals surface area (Å²) in [6.07, 6.45) is 0.643. The average Bonchev–Trinajstić information content (AvgIpc) is 2.74. The second-order valence-corrected chi connectivity index (χ2v) is 7.96. The van der Waals surface area contributed by atoms with Gasteiger partial charge in [0, 0.05) is 18.7 Å². The van der Waals surface area contributed by atoms with Crippen LogP contribution in [0.15, 0.2) is 48.5 Å². The van der Waals surface area contributed by atoms with Crippen molar-refractivity contribution in [1.82, 2.24) is 0 Å². The minimum absolute atomic E-state index is 0.182. The Morgan fingerprint density at radius 3 is 2.68 bits per heavy atom. The van der Waals surface area contributed by atoms with Crippen molar-refractivity contribution in [2.45, 2.75) is 19.4 Å². The maximum atomic E-state index is 12.6. The van der Waals surface area contributed by atoms with Crippen molar-refractivity contribution in [2.75, 3.05) is 22.4 Å². The van der Waals surface area contributed by atoms with Crippen LogP contribution in [0.4, 0.5) is 11.4 Å². The number of benzene rings is 2. The molecule has 1 N–H and O–H groups in total. The molecule has 1 aliphatic heterocycles. The van der Waals surface area contributed by atoms with Crippen molar-refractivity contribution in [2.24, 2.45) is 0 Å². The molecule has 25 heavy (non-hydrogen) atoms. The average molecular weight is 360 g/mol. The van der Waals surface area contributed by atoms with Gasteiger partial charge in [0.1, 0.15) is 5.75 Å². The van der Waals surface area contributed by atoms with Gasteiger partial charge in [-0.3, -0.25) is 9.10 Å². The zero-order chi connectivity index (χ0) is 18.0. The predicted molar refractivity (Wildman–Crippen MR) is 97.5 cm³/mol. The number of carbonyl (C=O) groups is 1. The van der Waals surface area contributed by atoms with Crippen molar-refractivity contribution in [3.63, 3.8) is 0 Å². The number of hydrogen-bond donors (Lipinski definition) is 1. The molecule has 3 rings (SSSR count). The number of fused-ring (bicyclic) bond motifs is 1. The molecule has 132 valence electrons. The molecule has 0 bridgehead atoms. The Kier molecular flexibility index (Phi) is 4.67. The van der Waals surface area contributed by atoms with Crippen molar-refractivity contribution < 1.29 is 17.9 Å². The van der Waals surface area contributed by atoms with E-state index in [4.69, 9.17) is 4.74 Å². The number of amides is 1. The van der Waals surface area contributed by atoms with E-state index < -0.39 is 16.1 Å². The van der Waals surface area contributed by atoms with Crippen molar-refractivity contribution in [3.8, 4) is 5.75 Å². The Morgan fingerprint density at radius 1 is 1.20 bits per heavy atom. The molecule has 0 saturated heterocycles. The van der Waals surface area contributed by atoms with Gasteiger partial charge in [-0.2, -0.15) is 0 Å². The van der Waals surface area contributed by atoms with E-state index in [1.807, 2.05) is 25.1 Å². The summed E-state index contributed by atoms with van der Waals surface area (Å²) in [5.74, 6) is 0.0885. The van der Waals surface area contributed by atoms with Gasteiger partial charge < -0.3 is 10.1 Å². The molecular weight excluding hydrogens is 340 g/mol. The maximum Gasteiger partial charge on any atom is 0.265 e. The Hall–Kier alpha value is -2.54. The first-order valence-electron chi connectivity index (χ1n) is 7.95. The topological polar surface area (TPSA) is 75.7 Å². The molecule has 1 aliphatic rings. The van der Waals surface area contributed by atoms with E-state index in [2.05, 4.69) is 5.32 Å². The number of ether oxygens (including phenoxy) is 1. The van der Waals surface area contributed by atoms with Gasteiger partial charge in [0.2, 0.25) is 10.0 Å². The van der Waals surface area contributed by atoms with Crippen LogP contribution in [-0.2, 0) is 14.8 Å². The Bertz CT molecular complexity index is 895. The summed E-state index contributed by atoms with van der Waals surface area (Å²) in [4.78, 5) is 12.6. The normalized spacial score (nSPS) is 17.2. The second-order valence-electron chi connectivity index (χ2n) is 6.06. The summed E-state index contributed by atoms with van der Waals surface area (Å²) in [6.45, 7) is 2.12. The number of nitrogens with one attached hydrogen (secondary N) is 1. The lowest BCUT2D eigenvalue weighted by molar-refractivity contribution is -0.122. The number of sulfonamides is 1. The van der Waals surface area contributed by atoms with Crippen LogP contribution in [0.3, 0.4) is 0 Å². The fourth-order valence-electron chi connectivity index (χ4n) is 2.80. The van der Waals surface area contributed by atoms with Gasteiger partial charge in [-0.25, -0.2) is 8.42 Å². The smallest absolute Gasteiger partial charge is 0.265 e. The van der Waals surface area contributed by atoms with Crippen LogP contribution in [0.1, 0.15) is 12.0 Å². The van der Waals surface area contributed by atoms with Gasteiger partial charge in [0.05, 0.1) is 11.9 Å². The zero-order valence-corrected chi connectivity index (χ0v) is 14.9. The molecule has 6 nitrogen and oxygen atoms in total. The summed E-state index contributed by atoms with van der Waals surface area (Å²) in [6, 6.07) is 14.3. The number of anilines is 2. The van der Waals surface area contributed by atoms with E-state index in [-0.39, 0.29) is 18.9 Å². The summed E-state index contributed by atoms with van der Waals surface area (Å²) in [5.41, 5.74) is 2.18. The fraction of sp³-hybridized carbons (Fsp3) is 0.278. The highest BCUT2D eigenvalue weighted by molar-refractivity contribution is 7.92. The lowest BCUT2D eigenvalue weighted by Gasteiger charge is -2.20. The number of nitrogens with zero attached hydrogens (tertiary/aromatic N) is 1. The van der Waals surface area contributed by atoms with Crippen molar-refractivity contribution in [3.05, 3.63) is 54.1 Å². The van der Waals surface area contributed by atoms with E-state index in [0.29, 0.717) is 17.1 Å². The van der Waals surface area contributed by atoms with Crippen LogP contribution >= 0.6 is 0 Å².